The first-order valence-electron chi connectivity index (χ1n) is 9.35. The molecule has 2 aromatic heterocycles. The summed E-state index contributed by atoms with van der Waals surface area (Å²) in [5.41, 5.74) is 0.140. The van der Waals surface area contributed by atoms with E-state index in [1.807, 2.05) is 25.1 Å². The monoisotopic (exact) mass is 365 g/mol. The standard InChI is InChI=1S/C20H23N5O2/c1-13-6-5-9-24(12-13)20-22-17(10-18(26)23-20)14(2)25-19(27)16-8-4-3-7-15(16)11-21-25/h3-4,7-8,10-11,13-14H,5-6,9,12H2,1-2H3,(H,22,23,26)/t13-,14+/m1/s1. The summed E-state index contributed by atoms with van der Waals surface area (Å²) in [6.07, 6.45) is 3.94. The van der Waals surface area contributed by atoms with Gasteiger partial charge in [0.05, 0.1) is 23.3 Å². The van der Waals surface area contributed by atoms with Gasteiger partial charge in [0.1, 0.15) is 0 Å². The molecule has 2 atom stereocenters. The van der Waals surface area contributed by atoms with Crippen molar-refractivity contribution in [2.75, 3.05) is 18.0 Å². The molecule has 1 aliphatic rings. The van der Waals surface area contributed by atoms with E-state index in [2.05, 4.69) is 26.9 Å². The smallest absolute Gasteiger partial charge is 0.275 e. The second-order valence-corrected chi connectivity index (χ2v) is 7.34. The van der Waals surface area contributed by atoms with Crippen molar-refractivity contribution in [3.63, 3.8) is 0 Å². The SMILES string of the molecule is C[C@@H]1CCCN(c2nc([C@H](C)n3ncc4ccccc4c3=O)cc(=O)[nH]2)C1. The number of fused-ring (bicyclic) bond motifs is 1. The summed E-state index contributed by atoms with van der Waals surface area (Å²) < 4.78 is 1.40. The second kappa shape index (κ2) is 6.98. The molecule has 1 aromatic carbocycles. The number of nitrogens with zero attached hydrogens (tertiary/aromatic N) is 4. The highest BCUT2D eigenvalue weighted by atomic mass is 16.1. The molecule has 0 spiro atoms. The minimum Gasteiger partial charge on any atom is -0.342 e. The Bertz CT molecular complexity index is 1090. The molecule has 3 aromatic rings. The lowest BCUT2D eigenvalue weighted by Gasteiger charge is -2.31. The number of hydrogen-bond donors (Lipinski definition) is 1. The number of anilines is 1. The average Bonchev–Trinajstić information content (AvgIpc) is 2.67. The van der Waals surface area contributed by atoms with Crippen molar-refractivity contribution in [1.82, 2.24) is 19.7 Å². The molecule has 7 heteroatoms. The van der Waals surface area contributed by atoms with E-state index in [0.29, 0.717) is 22.9 Å². The molecule has 0 unspecified atom stereocenters. The summed E-state index contributed by atoms with van der Waals surface area (Å²) in [5, 5.41) is 5.71. The molecule has 3 heterocycles. The van der Waals surface area contributed by atoms with Crippen LogP contribution >= 0.6 is 0 Å². The van der Waals surface area contributed by atoms with Crippen LogP contribution in [0.25, 0.3) is 10.8 Å². The van der Waals surface area contributed by atoms with Gasteiger partial charge >= 0.3 is 0 Å². The van der Waals surface area contributed by atoms with Crippen LogP contribution in [-0.2, 0) is 0 Å². The second-order valence-electron chi connectivity index (χ2n) is 7.34. The summed E-state index contributed by atoms with van der Waals surface area (Å²) in [5.74, 6) is 1.14. The topological polar surface area (TPSA) is 83.9 Å². The van der Waals surface area contributed by atoms with E-state index in [0.717, 1.165) is 24.9 Å². The van der Waals surface area contributed by atoms with Gasteiger partial charge in [-0.3, -0.25) is 14.6 Å². The van der Waals surface area contributed by atoms with Crippen molar-refractivity contribution in [2.24, 2.45) is 5.92 Å². The lowest BCUT2D eigenvalue weighted by atomic mass is 10.0. The third-order valence-electron chi connectivity index (χ3n) is 5.22. The van der Waals surface area contributed by atoms with Crippen LogP contribution < -0.4 is 16.0 Å². The molecule has 1 aliphatic heterocycles. The number of aromatic nitrogens is 4. The third kappa shape index (κ3) is 3.37. The van der Waals surface area contributed by atoms with Crippen molar-refractivity contribution in [1.29, 1.82) is 0 Å². The maximum atomic E-state index is 12.8. The molecular formula is C20H23N5O2. The molecule has 0 saturated carbocycles. The summed E-state index contributed by atoms with van der Waals surface area (Å²) >= 11 is 0. The third-order valence-corrected chi connectivity index (χ3v) is 5.22. The molecular weight excluding hydrogens is 342 g/mol. The minimum absolute atomic E-state index is 0.184. The van der Waals surface area contributed by atoms with Gasteiger partial charge in [0.25, 0.3) is 11.1 Å². The van der Waals surface area contributed by atoms with Crippen LogP contribution in [0.15, 0.2) is 46.1 Å². The molecule has 1 saturated heterocycles. The van der Waals surface area contributed by atoms with Gasteiger partial charge in [0, 0.05) is 24.5 Å². The molecule has 0 bridgehead atoms. The van der Waals surface area contributed by atoms with E-state index >= 15 is 0 Å². The predicted molar refractivity (Wildman–Crippen MR) is 105 cm³/mol. The average molecular weight is 365 g/mol. The van der Waals surface area contributed by atoms with E-state index in [9.17, 15) is 9.59 Å². The van der Waals surface area contributed by atoms with Gasteiger partial charge in [0.2, 0.25) is 5.95 Å². The van der Waals surface area contributed by atoms with Crippen LogP contribution in [-0.4, -0.2) is 32.8 Å². The number of rotatable bonds is 3. The zero-order valence-corrected chi connectivity index (χ0v) is 15.6. The first-order valence-corrected chi connectivity index (χ1v) is 9.35. The molecule has 27 heavy (non-hydrogen) atoms. The lowest BCUT2D eigenvalue weighted by Crippen LogP contribution is -2.37. The maximum absolute atomic E-state index is 12.8. The minimum atomic E-state index is -0.439. The molecule has 0 radical (unpaired) electrons. The van der Waals surface area contributed by atoms with Crippen molar-refractivity contribution >= 4 is 16.7 Å². The van der Waals surface area contributed by atoms with E-state index in [-0.39, 0.29) is 11.1 Å². The molecule has 0 aliphatic carbocycles. The summed E-state index contributed by atoms with van der Waals surface area (Å²) in [6, 6.07) is 8.37. The van der Waals surface area contributed by atoms with Gasteiger partial charge in [-0.25, -0.2) is 9.67 Å². The number of benzene rings is 1. The van der Waals surface area contributed by atoms with Gasteiger partial charge in [-0.05, 0) is 31.7 Å². The summed E-state index contributed by atoms with van der Waals surface area (Å²) in [7, 11) is 0. The number of H-pyrrole nitrogens is 1. The van der Waals surface area contributed by atoms with Crippen molar-refractivity contribution in [2.45, 2.75) is 32.7 Å². The first-order chi connectivity index (χ1) is 13.0. The molecule has 4 rings (SSSR count). The predicted octanol–water partition coefficient (Wildman–Crippen LogP) is 2.33. The molecule has 7 nitrogen and oxygen atoms in total. The van der Waals surface area contributed by atoms with E-state index in [1.165, 1.54) is 17.2 Å². The van der Waals surface area contributed by atoms with Gasteiger partial charge in [0.15, 0.2) is 0 Å². The van der Waals surface area contributed by atoms with Crippen LogP contribution in [0.4, 0.5) is 5.95 Å². The van der Waals surface area contributed by atoms with E-state index < -0.39 is 6.04 Å². The fraction of sp³-hybridized carbons (Fsp3) is 0.400. The van der Waals surface area contributed by atoms with Gasteiger partial charge in [-0.15, -0.1) is 0 Å². The highest BCUT2D eigenvalue weighted by Crippen LogP contribution is 2.21. The zero-order chi connectivity index (χ0) is 19.0. The van der Waals surface area contributed by atoms with Crippen LogP contribution in [0.3, 0.4) is 0 Å². The number of nitrogens with one attached hydrogen (secondary N) is 1. The quantitative estimate of drug-likeness (QED) is 0.770. The van der Waals surface area contributed by atoms with Crippen LogP contribution in [0.5, 0.6) is 0 Å². The number of piperidine rings is 1. The Hall–Kier alpha value is -2.96. The maximum Gasteiger partial charge on any atom is 0.275 e. The Morgan fingerprint density at radius 2 is 2.07 bits per heavy atom. The Morgan fingerprint density at radius 1 is 1.26 bits per heavy atom. The highest BCUT2D eigenvalue weighted by molar-refractivity contribution is 5.80. The van der Waals surface area contributed by atoms with Crippen molar-refractivity contribution in [3.8, 4) is 0 Å². The van der Waals surface area contributed by atoms with Crippen molar-refractivity contribution < 1.29 is 0 Å². The zero-order valence-electron chi connectivity index (χ0n) is 15.6. The van der Waals surface area contributed by atoms with Gasteiger partial charge < -0.3 is 4.90 Å². The van der Waals surface area contributed by atoms with Crippen LogP contribution in [0.1, 0.15) is 38.4 Å². The van der Waals surface area contributed by atoms with E-state index in [4.69, 9.17) is 0 Å². The van der Waals surface area contributed by atoms with Gasteiger partial charge in [-0.1, -0.05) is 25.1 Å². The highest BCUT2D eigenvalue weighted by Gasteiger charge is 2.21. The molecule has 0 amide bonds. The molecule has 140 valence electrons. The Balaban J connectivity index is 1.74. The Kier molecular flexibility index (Phi) is 4.51. The largest absolute Gasteiger partial charge is 0.342 e. The Labute approximate surface area is 156 Å². The Morgan fingerprint density at radius 3 is 2.89 bits per heavy atom. The fourth-order valence-corrected chi connectivity index (χ4v) is 3.71. The summed E-state index contributed by atoms with van der Waals surface area (Å²) in [4.78, 5) is 34.7. The van der Waals surface area contributed by atoms with Gasteiger partial charge in [-0.2, -0.15) is 5.10 Å². The number of aromatic amines is 1. The van der Waals surface area contributed by atoms with Crippen LogP contribution in [0.2, 0.25) is 0 Å². The first kappa shape index (κ1) is 17.5. The van der Waals surface area contributed by atoms with Crippen LogP contribution in [0, 0.1) is 5.92 Å². The molecule has 1 fully saturated rings. The fourth-order valence-electron chi connectivity index (χ4n) is 3.71. The molecule has 1 N–H and O–H groups in total. The lowest BCUT2D eigenvalue weighted by molar-refractivity contribution is 0.440. The number of hydrogen-bond acceptors (Lipinski definition) is 5. The normalized spacial score (nSPS) is 18.6. The van der Waals surface area contributed by atoms with E-state index in [1.54, 1.807) is 12.3 Å². The summed E-state index contributed by atoms with van der Waals surface area (Å²) in [6.45, 7) is 5.79. The van der Waals surface area contributed by atoms with Crippen molar-refractivity contribution in [3.05, 3.63) is 62.9 Å².